The van der Waals surface area contributed by atoms with Crippen molar-refractivity contribution < 1.29 is 9.31 Å². The maximum Gasteiger partial charge on any atom is 0.490 e. The second kappa shape index (κ2) is 8.20. The summed E-state index contributed by atoms with van der Waals surface area (Å²) in [5.41, 5.74) is 0.949. The van der Waals surface area contributed by atoms with Gasteiger partial charge in [-0.15, -0.1) is 0 Å². The van der Waals surface area contributed by atoms with Crippen molar-refractivity contribution in [1.82, 2.24) is 0 Å². The van der Waals surface area contributed by atoms with Crippen molar-refractivity contribution in [3.8, 4) is 0 Å². The van der Waals surface area contributed by atoms with Crippen LogP contribution in [-0.4, -0.2) is 18.3 Å². The van der Waals surface area contributed by atoms with Gasteiger partial charge in [-0.25, -0.2) is 0 Å². The van der Waals surface area contributed by atoms with Crippen molar-refractivity contribution in [2.75, 3.05) is 0 Å². The summed E-state index contributed by atoms with van der Waals surface area (Å²) in [5.74, 6) is 0.882. The number of rotatable bonds is 8. The normalized spacial score (nSPS) is 26.4. The van der Waals surface area contributed by atoms with Gasteiger partial charge in [-0.2, -0.15) is 0 Å². The zero-order valence-corrected chi connectivity index (χ0v) is 16.1. The Morgan fingerprint density at radius 3 is 2.17 bits per heavy atom. The van der Waals surface area contributed by atoms with E-state index >= 15 is 0 Å². The quantitative estimate of drug-likeness (QED) is 0.398. The Morgan fingerprint density at radius 2 is 1.61 bits per heavy atom. The number of unbranched alkanes of at least 4 members (excludes halogenated alkanes) is 5. The lowest BCUT2D eigenvalue weighted by molar-refractivity contribution is 0.00578. The van der Waals surface area contributed by atoms with Crippen LogP contribution in [0, 0.1) is 5.92 Å². The van der Waals surface area contributed by atoms with E-state index in [0.717, 1.165) is 12.3 Å². The van der Waals surface area contributed by atoms with E-state index in [0.29, 0.717) is 0 Å². The van der Waals surface area contributed by atoms with Crippen LogP contribution in [0.3, 0.4) is 0 Å². The fraction of sp³-hybridized carbons (Fsp3) is 0.900. The maximum atomic E-state index is 6.18. The van der Waals surface area contributed by atoms with Gasteiger partial charge in [-0.05, 0) is 58.3 Å². The van der Waals surface area contributed by atoms with Crippen LogP contribution in [0.25, 0.3) is 0 Å². The summed E-state index contributed by atoms with van der Waals surface area (Å²) in [4.78, 5) is 0. The van der Waals surface area contributed by atoms with Gasteiger partial charge in [0, 0.05) is 0 Å². The van der Waals surface area contributed by atoms with E-state index < -0.39 is 0 Å². The molecule has 0 saturated carbocycles. The summed E-state index contributed by atoms with van der Waals surface area (Å²) in [6.07, 6.45) is 15.9. The first kappa shape index (κ1) is 19.1. The Balaban J connectivity index is 1.70. The lowest BCUT2D eigenvalue weighted by Gasteiger charge is -2.32. The van der Waals surface area contributed by atoms with Crippen molar-refractivity contribution in [2.24, 2.45) is 5.92 Å². The molecule has 2 rings (SSSR count). The van der Waals surface area contributed by atoms with E-state index in [1.54, 1.807) is 0 Å². The van der Waals surface area contributed by atoms with Crippen LogP contribution in [0.15, 0.2) is 11.5 Å². The zero-order valence-electron chi connectivity index (χ0n) is 16.1. The minimum absolute atomic E-state index is 0.116. The fourth-order valence-electron chi connectivity index (χ4n) is 3.59. The van der Waals surface area contributed by atoms with Crippen molar-refractivity contribution in [3.63, 3.8) is 0 Å². The number of hydrogen-bond donors (Lipinski definition) is 0. The molecular weight excluding hydrogens is 283 g/mol. The van der Waals surface area contributed by atoms with Gasteiger partial charge >= 0.3 is 7.12 Å². The minimum Gasteiger partial charge on any atom is -0.400 e. The number of allylic oxidation sites excluding steroid dienone is 2. The Bertz CT molecular complexity index is 384. The van der Waals surface area contributed by atoms with Crippen LogP contribution in [0.4, 0.5) is 0 Å². The smallest absolute Gasteiger partial charge is 0.400 e. The second-order valence-corrected chi connectivity index (χ2v) is 8.56. The average molecular weight is 320 g/mol. The molecule has 1 heterocycles. The van der Waals surface area contributed by atoms with Crippen LogP contribution in [0.2, 0.25) is 0 Å². The molecule has 0 aromatic heterocycles. The molecule has 132 valence electrons. The molecule has 2 aliphatic rings. The topological polar surface area (TPSA) is 18.5 Å². The van der Waals surface area contributed by atoms with E-state index in [2.05, 4.69) is 40.7 Å². The predicted octanol–water partition coefficient (Wildman–Crippen LogP) is 6.09. The summed E-state index contributed by atoms with van der Waals surface area (Å²) in [5, 5.41) is 0. The Morgan fingerprint density at radius 1 is 1.00 bits per heavy atom. The molecule has 1 unspecified atom stereocenters. The van der Waals surface area contributed by atoms with E-state index in [-0.39, 0.29) is 18.3 Å². The van der Waals surface area contributed by atoms with Gasteiger partial charge in [0.2, 0.25) is 0 Å². The first-order valence-electron chi connectivity index (χ1n) is 9.90. The first-order chi connectivity index (χ1) is 10.9. The van der Waals surface area contributed by atoms with E-state index in [1.165, 1.54) is 63.3 Å². The largest absolute Gasteiger partial charge is 0.490 e. The van der Waals surface area contributed by atoms with Gasteiger partial charge < -0.3 is 9.31 Å². The minimum atomic E-state index is -0.214. The molecule has 2 nitrogen and oxygen atoms in total. The van der Waals surface area contributed by atoms with Gasteiger partial charge in [0.05, 0.1) is 11.2 Å². The average Bonchev–Trinajstić information content (AvgIpc) is 2.72. The van der Waals surface area contributed by atoms with Crippen molar-refractivity contribution in [2.45, 2.75) is 110 Å². The molecule has 0 spiro atoms. The summed E-state index contributed by atoms with van der Waals surface area (Å²) >= 11 is 0. The third-order valence-corrected chi connectivity index (χ3v) is 6.08. The molecule has 1 aliphatic carbocycles. The van der Waals surface area contributed by atoms with Crippen molar-refractivity contribution >= 4 is 7.12 Å². The van der Waals surface area contributed by atoms with Crippen molar-refractivity contribution in [3.05, 3.63) is 11.5 Å². The SMILES string of the molecule is CCCCCCCCC1CC=C(B2OC(C)(C)C(C)(C)O2)CC1. The van der Waals surface area contributed by atoms with E-state index in [1.807, 2.05) is 0 Å². The highest BCUT2D eigenvalue weighted by Crippen LogP contribution is 2.41. The molecule has 0 amide bonds. The molecule has 1 fully saturated rings. The molecule has 0 radical (unpaired) electrons. The number of hydrogen-bond acceptors (Lipinski definition) is 2. The molecule has 1 saturated heterocycles. The molecule has 1 atom stereocenters. The Kier molecular flexibility index (Phi) is 6.80. The maximum absolute atomic E-state index is 6.18. The highest BCUT2D eigenvalue weighted by Gasteiger charge is 2.52. The molecule has 0 aromatic rings. The summed E-state index contributed by atoms with van der Waals surface area (Å²) in [6.45, 7) is 10.8. The first-order valence-corrected chi connectivity index (χ1v) is 9.90. The van der Waals surface area contributed by atoms with Crippen molar-refractivity contribution in [1.29, 1.82) is 0 Å². The monoisotopic (exact) mass is 320 g/mol. The third kappa shape index (κ3) is 5.10. The molecule has 23 heavy (non-hydrogen) atoms. The van der Waals surface area contributed by atoms with Gasteiger partial charge in [0.25, 0.3) is 0 Å². The summed E-state index contributed by atoms with van der Waals surface area (Å²) in [6, 6.07) is 0. The van der Waals surface area contributed by atoms with Crippen LogP contribution >= 0.6 is 0 Å². The third-order valence-electron chi connectivity index (χ3n) is 6.08. The molecule has 0 bridgehead atoms. The van der Waals surface area contributed by atoms with Crippen LogP contribution < -0.4 is 0 Å². The lowest BCUT2D eigenvalue weighted by atomic mass is 9.70. The molecular formula is C20H37BO2. The van der Waals surface area contributed by atoms with Gasteiger partial charge in [-0.3, -0.25) is 0 Å². The van der Waals surface area contributed by atoms with Crippen LogP contribution in [-0.2, 0) is 9.31 Å². The highest BCUT2D eigenvalue weighted by atomic mass is 16.7. The van der Waals surface area contributed by atoms with Crippen LogP contribution in [0.5, 0.6) is 0 Å². The Hall–Kier alpha value is -0.275. The molecule has 0 N–H and O–H groups in total. The molecule has 0 aromatic carbocycles. The zero-order chi connectivity index (χ0) is 16.9. The highest BCUT2D eigenvalue weighted by molar-refractivity contribution is 6.54. The van der Waals surface area contributed by atoms with Gasteiger partial charge in [0.1, 0.15) is 0 Å². The van der Waals surface area contributed by atoms with E-state index in [9.17, 15) is 0 Å². The van der Waals surface area contributed by atoms with Gasteiger partial charge in [0.15, 0.2) is 0 Å². The predicted molar refractivity (Wildman–Crippen MR) is 99.5 cm³/mol. The second-order valence-electron chi connectivity index (χ2n) is 8.56. The fourth-order valence-corrected chi connectivity index (χ4v) is 3.59. The summed E-state index contributed by atoms with van der Waals surface area (Å²) < 4.78 is 12.4. The standard InChI is InChI=1S/C20H37BO2/c1-6-7-8-9-10-11-12-17-13-15-18(16-14-17)21-22-19(2,3)20(4,5)23-21/h15,17H,6-14,16H2,1-5H3. The lowest BCUT2D eigenvalue weighted by Crippen LogP contribution is -2.41. The Labute approximate surface area is 144 Å². The van der Waals surface area contributed by atoms with Crippen LogP contribution in [0.1, 0.15) is 98.8 Å². The molecule has 1 aliphatic heterocycles. The van der Waals surface area contributed by atoms with Gasteiger partial charge in [-0.1, -0.05) is 57.9 Å². The molecule has 3 heteroatoms. The van der Waals surface area contributed by atoms with E-state index in [4.69, 9.17) is 9.31 Å². The summed E-state index contributed by atoms with van der Waals surface area (Å²) in [7, 11) is -0.116.